The number of nitrogens with two attached hydrogens (primary N) is 1. The van der Waals surface area contributed by atoms with Crippen LogP contribution in [-0.4, -0.2) is 57.3 Å². The maximum Gasteiger partial charge on any atom is 0.434 e. The number of alkyl halides is 2. The zero-order chi connectivity index (χ0) is 21.0. The molecule has 11 heteroatoms. The fourth-order valence-corrected chi connectivity index (χ4v) is 3.19. The summed E-state index contributed by atoms with van der Waals surface area (Å²) in [4.78, 5) is 25.4. The first kappa shape index (κ1) is 21.1. The molecule has 3 rings (SSSR count). The zero-order valence-electron chi connectivity index (χ0n) is 15.6. The smallest absolute Gasteiger partial charge is 0.389 e. The highest BCUT2D eigenvalue weighted by molar-refractivity contribution is 5.81. The lowest BCUT2D eigenvalue weighted by molar-refractivity contribution is -0.134. The van der Waals surface area contributed by atoms with Crippen molar-refractivity contribution in [2.75, 3.05) is 13.1 Å². The number of hydrogen-bond donors (Lipinski definition) is 4. The van der Waals surface area contributed by atoms with Gasteiger partial charge in [-0.2, -0.15) is 0 Å². The number of aromatic amines is 1. The van der Waals surface area contributed by atoms with Gasteiger partial charge in [0.2, 0.25) is 0 Å². The summed E-state index contributed by atoms with van der Waals surface area (Å²) in [5, 5.41) is 18.6. The molecule has 0 saturated carbocycles. The summed E-state index contributed by atoms with van der Waals surface area (Å²) < 4.78 is 31.9. The molecule has 3 atom stereocenters. The third-order valence-electron chi connectivity index (χ3n) is 4.85. The number of aromatic nitrogens is 2. The number of nitrogens with one attached hydrogen (secondary N) is 2. The van der Waals surface area contributed by atoms with Crippen LogP contribution in [0.3, 0.4) is 0 Å². The number of nitrogens with zero attached hydrogens (tertiary/aromatic N) is 2. The molecule has 1 aromatic carbocycles. The molecule has 0 bridgehead atoms. The first-order valence-corrected chi connectivity index (χ1v) is 9.20. The molecular formula is C18H23F2N5O4. The number of H-pyrrole nitrogens is 1. The van der Waals surface area contributed by atoms with Crippen LogP contribution in [0.4, 0.5) is 8.78 Å². The van der Waals surface area contributed by atoms with Crippen molar-refractivity contribution in [3.63, 3.8) is 0 Å². The molecule has 0 unspecified atom stereocenters. The van der Waals surface area contributed by atoms with Crippen molar-refractivity contribution in [1.82, 2.24) is 20.4 Å². The summed E-state index contributed by atoms with van der Waals surface area (Å²) in [7, 11) is 0. The quantitative estimate of drug-likeness (QED) is 0.508. The highest BCUT2D eigenvalue weighted by atomic mass is 19.3. The van der Waals surface area contributed by atoms with Gasteiger partial charge in [0.1, 0.15) is 6.10 Å². The Hall–Kier alpha value is -2.63. The van der Waals surface area contributed by atoms with E-state index >= 15 is 0 Å². The molecule has 5 N–H and O–H groups in total. The van der Waals surface area contributed by atoms with Gasteiger partial charge in [0.25, 0.3) is 17.7 Å². The molecule has 158 valence electrons. The molecular weight excluding hydrogens is 388 g/mol. The van der Waals surface area contributed by atoms with Crippen molar-refractivity contribution in [2.45, 2.75) is 43.5 Å². The van der Waals surface area contributed by atoms with Crippen LogP contribution < -0.4 is 16.8 Å². The maximum atomic E-state index is 13.5. The third-order valence-corrected chi connectivity index (χ3v) is 4.85. The minimum absolute atomic E-state index is 0.0549. The van der Waals surface area contributed by atoms with Crippen molar-refractivity contribution in [1.29, 1.82) is 0 Å². The van der Waals surface area contributed by atoms with Gasteiger partial charge >= 0.3 is 5.76 Å². The van der Waals surface area contributed by atoms with Gasteiger partial charge < -0.3 is 20.6 Å². The average molecular weight is 411 g/mol. The summed E-state index contributed by atoms with van der Waals surface area (Å²) in [5.74, 6) is -4.64. The first-order valence-electron chi connectivity index (χ1n) is 9.20. The van der Waals surface area contributed by atoms with Gasteiger partial charge in [-0.15, -0.1) is 5.10 Å². The van der Waals surface area contributed by atoms with Crippen LogP contribution in [0.1, 0.15) is 30.5 Å². The van der Waals surface area contributed by atoms with E-state index in [0.717, 1.165) is 5.56 Å². The predicted octanol–water partition coefficient (Wildman–Crippen LogP) is 0.140. The minimum atomic E-state index is -2.80. The Morgan fingerprint density at radius 2 is 2.00 bits per heavy atom. The molecule has 1 fully saturated rings. The van der Waals surface area contributed by atoms with Crippen LogP contribution in [0.2, 0.25) is 0 Å². The van der Waals surface area contributed by atoms with E-state index in [4.69, 9.17) is 10.2 Å². The Labute approximate surface area is 164 Å². The zero-order valence-corrected chi connectivity index (χ0v) is 15.6. The van der Waals surface area contributed by atoms with Crippen molar-refractivity contribution >= 4 is 5.91 Å². The SMILES string of the molecule is N[C@H](Cc1ccccc1)[C@H](O)C(=O)N[C@H](c1n[nH]c(=O)o1)N1CCC(F)(F)CC1. The summed E-state index contributed by atoms with van der Waals surface area (Å²) in [5.41, 5.74) is 6.81. The molecule has 1 aliphatic heterocycles. The summed E-state index contributed by atoms with van der Waals surface area (Å²) in [6.45, 7) is -0.110. The van der Waals surface area contributed by atoms with Crippen LogP contribution in [0.15, 0.2) is 39.5 Å². The van der Waals surface area contributed by atoms with Crippen LogP contribution in [0.5, 0.6) is 0 Å². The van der Waals surface area contributed by atoms with E-state index in [9.17, 15) is 23.5 Å². The maximum absolute atomic E-state index is 13.5. The van der Waals surface area contributed by atoms with E-state index in [1.165, 1.54) is 4.90 Å². The van der Waals surface area contributed by atoms with E-state index in [-0.39, 0.29) is 25.4 Å². The Balaban J connectivity index is 1.69. The summed E-state index contributed by atoms with van der Waals surface area (Å²) >= 11 is 0. The predicted molar refractivity (Wildman–Crippen MR) is 97.9 cm³/mol. The fourth-order valence-electron chi connectivity index (χ4n) is 3.19. The Kier molecular flexibility index (Phi) is 6.40. The number of aliphatic hydroxyl groups is 1. The standard InChI is InChI=1S/C18H23F2N5O4/c19-18(20)6-8-25(9-7-18)14(16-23-24-17(28)29-16)22-15(27)13(26)12(21)10-11-4-2-1-3-5-11/h1-5,12-14,26H,6-10,21H2,(H,22,27)(H,24,28)/t12-,13+,14+/m1/s1. The largest absolute Gasteiger partial charge is 0.434 e. The minimum Gasteiger partial charge on any atom is -0.389 e. The molecule has 29 heavy (non-hydrogen) atoms. The van der Waals surface area contributed by atoms with Gasteiger partial charge in [-0.05, 0) is 12.0 Å². The van der Waals surface area contributed by atoms with Crippen molar-refractivity contribution in [2.24, 2.45) is 5.73 Å². The Morgan fingerprint density at radius 3 is 2.59 bits per heavy atom. The number of halogens is 2. The van der Waals surface area contributed by atoms with Gasteiger partial charge in [0, 0.05) is 32.0 Å². The highest BCUT2D eigenvalue weighted by Gasteiger charge is 2.39. The molecule has 1 aromatic heterocycles. The van der Waals surface area contributed by atoms with Gasteiger partial charge in [-0.1, -0.05) is 30.3 Å². The molecule has 0 radical (unpaired) electrons. The van der Waals surface area contributed by atoms with E-state index in [2.05, 4.69) is 15.5 Å². The Morgan fingerprint density at radius 1 is 1.34 bits per heavy atom. The fraction of sp³-hybridized carbons (Fsp3) is 0.500. The van der Waals surface area contributed by atoms with E-state index in [1.54, 1.807) is 0 Å². The van der Waals surface area contributed by atoms with Crippen LogP contribution >= 0.6 is 0 Å². The lowest BCUT2D eigenvalue weighted by Gasteiger charge is -2.36. The number of amides is 1. The molecule has 2 aromatic rings. The number of benzene rings is 1. The average Bonchev–Trinajstić information content (AvgIpc) is 3.12. The molecule has 1 saturated heterocycles. The normalized spacial score (nSPS) is 20.0. The van der Waals surface area contributed by atoms with Crippen molar-refractivity contribution in [3.8, 4) is 0 Å². The van der Waals surface area contributed by atoms with E-state index in [1.807, 2.05) is 30.3 Å². The van der Waals surface area contributed by atoms with Crippen molar-refractivity contribution in [3.05, 3.63) is 52.3 Å². The van der Waals surface area contributed by atoms with Gasteiger partial charge in [-0.3, -0.25) is 9.69 Å². The monoisotopic (exact) mass is 411 g/mol. The number of likely N-dealkylation sites (tertiary alicyclic amines) is 1. The number of piperidine rings is 1. The lowest BCUT2D eigenvalue weighted by Crippen LogP contribution is -2.53. The first-order chi connectivity index (χ1) is 13.7. The van der Waals surface area contributed by atoms with E-state index in [0.29, 0.717) is 0 Å². The number of carbonyl (C=O) groups is 1. The number of hydrogen-bond acceptors (Lipinski definition) is 7. The highest BCUT2D eigenvalue weighted by Crippen LogP contribution is 2.31. The Bertz CT molecular complexity index is 862. The molecule has 0 aliphatic carbocycles. The second kappa shape index (κ2) is 8.80. The van der Waals surface area contributed by atoms with Crippen LogP contribution in [0, 0.1) is 0 Å². The third kappa shape index (κ3) is 5.46. The number of aliphatic hydroxyl groups excluding tert-OH is 1. The second-order valence-corrected chi connectivity index (χ2v) is 7.05. The lowest BCUT2D eigenvalue weighted by atomic mass is 10.0. The molecule has 9 nitrogen and oxygen atoms in total. The molecule has 1 aliphatic rings. The molecule has 2 heterocycles. The number of rotatable bonds is 7. The van der Waals surface area contributed by atoms with Gasteiger partial charge in [0.15, 0.2) is 6.17 Å². The van der Waals surface area contributed by atoms with Crippen molar-refractivity contribution < 1.29 is 23.1 Å². The summed E-state index contributed by atoms with van der Waals surface area (Å²) in [6, 6.07) is 8.21. The van der Waals surface area contributed by atoms with Gasteiger partial charge in [-0.25, -0.2) is 18.7 Å². The van der Waals surface area contributed by atoms with Gasteiger partial charge in [0.05, 0.1) is 0 Å². The molecule has 1 amide bonds. The molecule has 0 spiro atoms. The number of carbonyl (C=O) groups excluding carboxylic acids is 1. The topological polar surface area (TPSA) is 137 Å². The summed E-state index contributed by atoms with van der Waals surface area (Å²) in [6.07, 6.45) is -3.22. The van der Waals surface area contributed by atoms with Crippen LogP contribution in [-0.2, 0) is 11.2 Å². The second-order valence-electron chi connectivity index (χ2n) is 7.05. The van der Waals surface area contributed by atoms with E-state index < -0.39 is 48.7 Å². The van der Waals surface area contributed by atoms with Crippen LogP contribution in [0.25, 0.3) is 0 Å².